The molecule has 4 N–H and O–H groups in total. The van der Waals surface area contributed by atoms with Gasteiger partial charge in [-0.15, -0.1) is 13.2 Å². The number of ether oxygens (including phenoxy) is 4. The number of methoxy groups -OCH3 is 2. The summed E-state index contributed by atoms with van der Waals surface area (Å²) in [4.78, 5) is 55.2. The third-order valence-electron chi connectivity index (χ3n) is 8.01. The molecular weight excluding hydrogens is 666 g/mol. The number of carbonyl (C=O) groups is 2. The summed E-state index contributed by atoms with van der Waals surface area (Å²) in [6.45, 7) is 8.96. The monoisotopic (exact) mass is 710 g/mol. The van der Waals surface area contributed by atoms with Crippen molar-refractivity contribution in [1.82, 2.24) is 19.1 Å². The summed E-state index contributed by atoms with van der Waals surface area (Å²) in [6.07, 6.45) is 0.229. The summed E-state index contributed by atoms with van der Waals surface area (Å²) < 4.78 is 53.0. The molecular formula is C32H44F2N6O10. The molecule has 2 aromatic rings. The third kappa shape index (κ3) is 9.32. The lowest BCUT2D eigenvalue weighted by atomic mass is 9.98. The van der Waals surface area contributed by atoms with Crippen molar-refractivity contribution in [2.75, 3.05) is 38.1 Å². The van der Waals surface area contributed by atoms with Crippen LogP contribution < -0.4 is 22.0 Å². The molecule has 18 heteroatoms. The number of nitrogens with zero attached hydrogens (tertiary/aromatic N) is 4. The van der Waals surface area contributed by atoms with E-state index in [0.717, 1.165) is 16.1 Å². The van der Waals surface area contributed by atoms with Crippen LogP contribution in [0.2, 0.25) is 0 Å². The molecule has 2 unspecified atom stereocenters. The third-order valence-corrected chi connectivity index (χ3v) is 8.01. The summed E-state index contributed by atoms with van der Waals surface area (Å²) in [7, 11) is 2.84. The van der Waals surface area contributed by atoms with Gasteiger partial charge >= 0.3 is 11.4 Å². The molecule has 8 atom stereocenters. The molecule has 0 spiro atoms. The highest BCUT2D eigenvalue weighted by Gasteiger charge is 2.57. The van der Waals surface area contributed by atoms with E-state index >= 15 is 4.39 Å². The molecule has 4 heterocycles. The Morgan fingerprint density at radius 3 is 1.76 bits per heavy atom. The highest BCUT2D eigenvalue weighted by atomic mass is 19.1. The number of halogens is 2. The molecule has 0 saturated carbocycles. The van der Waals surface area contributed by atoms with Gasteiger partial charge in [-0.05, 0) is 38.8 Å². The van der Waals surface area contributed by atoms with E-state index in [2.05, 4.69) is 33.8 Å². The molecule has 2 fully saturated rings. The van der Waals surface area contributed by atoms with Crippen LogP contribution in [0.5, 0.6) is 0 Å². The second-order valence-corrected chi connectivity index (χ2v) is 11.9. The predicted octanol–water partition coefficient (Wildman–Crippen LogP) is 1.56. The lowest BCUT2D eigenvalue weighted by Gasteiger charge is -2.26. The van der Waals surface area contributed by atoms with Gasteiger partial charge in [-0.3, -0.25) is 18.7 Å². The maximum absolute atomic E-state index is 15.3. The number of aliphatic hydroxyl groups is 2. The van der Waals surface area contributed by atoms with Crippen LogP contribution in [0.3, 0.4) is 0 Å². The second-order valence-electron chi connectivity index (χ2n) is 11.9. The molecule has 50 heavy (non-hydrogen) atoms. The molecule has 2 aliphatic heterocycles. The Morgan fingerprint density at radius 1 is 0.920 bits per heavy atom. The number of allylic oxidation sites excluding steroid dienone is 2. The summed E-state index contributed by atoms with van der Waals surface area (Å²) >= 11 is 0. The van der Waals surface area contributed by atoms with E-state index in [4.69, 9.17) is 24.1 Å². The van der Waals surface area contributed by atoms with Crippen molar-refractivity contribution in [2.24, 2.45) is 0 Å². The topological polar surface area (TPSA) is 205 Å². The lowest BCUT2D eigenvalue weighted by Crippen LogP contribution is -2.44. The van der Waals surface area contributed by atoms with E-state index in [1.807, 2.05) is 0 Å². The summed E-state index contributed by atoms with van der Waals surface area (Å²) in [6, 6.07) is 2.74. The first-order valence-electron chi connectivity index (χ1n) is 15.6. The van der Waals surface area contributed by atoms with E-state index in [-0.39, 0.29) is 42.9 Å². The van der Waals surface area contributed by atoms with Crippen LogP contribution >= 0.6 is 0 Å². The smallest absolute Gasteiger partial charge is 0.351 e. The Bertz CT molecular complexity index is 1620. The predicted molar refractivity (Wildman–Crippen MR) is 176 cm³/mol. The highest BCUT2D eigenvalue weighted by molar-refractivity contribution is 5.90. The fraction of sp³-hybridized carbons (Fsp3) is 0.562. The average Bonchev–Trinajstić information content (AvgIpc) is 3.45. The van der Waals surface area contributed by atoms with Gasteiger partial charge in [0.25, 0.3) is 0 Å². The Kier molecular flexibility index (Phi) is 14.2. The second kappa shape index (κ2) is 17.6. The molecule has 2 saturated heterocycles. The van der Waals surface area contributed by atoms with Gasteiger partial charge in [0.1, 0.15) is 36.1 Å². The minimum absolute atomic E-state index is 0.0307. The minimum atomic E-state index is -2.28. The van der Waals surface area contributed by atoms with Crippen molar-refractivity contribution in [3.63, 3.8) is 0 Å². The normalized spacial score (nSPS) is 28.7. The fourth-order valence-electron chi connectivity index (χ4n) is 5.45. The maximum atomic E-state index is 15.3. The van der Waals surface area contributed by atoms with Gasteiger partial charge in [-0.2, -0.15) is 9.97 Å². The Hall–Kier alpha value is -4.20. The zero-order chi connectivity index (χ0) is 37.2. The van der Waals surface area contributed by atoms with Crippen LogP contribution in [-0.2, 0) is 28.5 Å². The molecule has 4 rings (SSSR count). The quantitative estimate of drug-likeness (QED) is 0.206. The number of aromatic nitrogens is 4. The molecule has 2 amide bonds. The van der Waals surface area contributed by atoms with Gasteiger partial charge in [-0.25, -0.2) is 18.4 Å². The van der Waals surface area contributed by atoms with E-state index in [0.29, 0.717) is 12.8 Å². The van der Waals surface area contributed by atoms with E-state index in [9.17, 15) is 28.7 Å². The zero-order valence-corrected chi connectivity index (χ0v) is 28.3. The first-order chi connectivity index (χ1) is 23.7. The van der Waals surface area contributed by atoms with Crippen LogP contribution in [0.1, 0.15) is 52.0 Å². The standard InChI is InChI=1S/C17H24FN3O5.C15H20FN3O5/c1-5-6-7-13(22)19-12-8-9-21(16(23)20-12)15-17(2,18)14(25-4)11(26-15)10-24-3;1-3-4-5-11(21)17-10-6-7-19(14(23)18-10)13-15(2,16)12(22)9(8-20)24-13/h5,8-9,11,14-15H,1,6-7,10H2,2-4H3,(H,19,20,22,23);3,6-7,9,12-13,20,22H,1,4-5,8H2,2H3,(H,17,18,21,23)/t11-,14?,15-,17+;9-,12?,13-,15+/m11/s1. The minimum Gasteiger partial charge on any atom is -0.394 e. The van der Waals surface area contributed by atoms with Gasteiger partial charge in [0.15, 0.2) is 23.8 Å². The first kappa shape index (κ1) is 40.2. The van der Waals surface area contributed by atoms with Crippen LogP contribution in [-0.4, -0.2) is 104 Å². The van der Waals surface area contributed by atoms with Gasteiger partial charge in [0.2, 0.25) is 11.8 Å². The lowest BCUT2D eigenvalue weighted by molar-refractivity contribution is -0.117. The van der Waals surface area contributed by atoms with Crippen molar-refractivity contribution >= 4 is 23.5 Å². The summed E-state index contributed by atoms with van der Waals surface area (Å²) in [5, 5.41) is 23.9. The first-order valence-corrected chi connectivity index (χ1v) is 15.6. The molecule has 0 aromatic carbocycles. The summed E-state index contributed by atoms with van der Waals surface area (Å²) in [5.74, 6) is -0.497. The molecule has 276 valence electrons. The number of anilines is 2. The Labute approximate surface area is 286 Å². The van der Waals surface area contributed by atoms with E-state index < -0.39 is 66.2 Å². The SMILES string of the molecule is C=CCCC(=O)Nc1ccn([C@@H]2O[C@H](CO)C(O)[C@]2(C)F)c(=O)n1.C=CCCC(=O)Nc1ccn([C@@H]2O[C@H](COC)C(OC)[C@]2(C)F)c(=O)n1. The van der Waals surface area contributed by atoms with Gasteiger partial charge < -0.3 is 39.8 Å². The van der Waals surface area contributed by atoms with Crippen molar-refractivity contribution in [3.05, 3.63) is 70.8 Å². The molecule has 2 aliphatic rings. The molecule has 2 aromatic heterocycles. The number of hydrogen-bond acceptors (Lipinski definition) is 12. The van der Waals surface area contributed by atoms with Gasteiger partial charge in [0.05, 0.1) is 13.2 Å². The molecule has 0 radical (unpaired) electrons. The molecule has 0 bridgehead atoms. The fourth-order valence-corrected chi connectivity index (χ4v) is 5.45. The highest BCUT2D eigenvalue weighted by Crippen LogP contribution is 2.42. The zero-order valence-electron chi connectivity index (χ0n) is 28.3. The van der Waals surface area contributed by atoms with Crippen LogP contribution in [0, 0.1) is 0 Å². The number of amides is 2. The number of rotatable bonds is 14. The number of aliphatic hydroxyl groups excluding tert-OH is 2. The van der Waals surface area contributed by atoms with Crippen molar-refractivity contribution < 1.29 is 47.5 Å². The Balaban J connectivity index is 0.000000271. The van der Waals surface area contributed by atoms with Crippen molar-refractivity contribution in [3.8, 4) is 0 Å². The summed E-state index contributed by atoms with van der Waals surface area (Å²) in [5.41, 5.74) is -5.85. The van der Waals surface area contributed by atoms with Crippen LogP contribution in [0.15, 0.2) is 59.4 Å². The average molecular weight is 711 g/mol. The Morgan fingerprint density at radius 2 is 1.38 bits per heavy atom. The number of hydrogen-bond donors (Lipinski definition) is 4. The van der Waals surface area contributed by atoms with Crippen LogP contribution in [0.25, 0.3) is 0 Å². The van der Waals surface area contributed by atoms with Crippen LogP contribution in [0.4, 0.5) is 20.4 Å². The van der Waals surface area contributed by atoms with E-state index in [1.165, 1.54) is 45.7 Å². The number of carbonyl (C=O) groups excluding carboxylic acids is 2. The van der Waals surface area contributed by atoms with Crippen molar-refractivity contribution in [1.29, 1.82) is 0 Å². The number of alkyl halides is 2. The largest absolute Gasteiger partial charge is 0.394 e. The molecule has 16 nitrogen and oxygen atoms in total. The van der Waals surface area contributed by atoms with Crippen molar-refractivity contribution in [2.45, 2.75) is 87.7 Å². The number of nitrogens with one attached hydrogen (secondary N) is 2. The maximum Gasteiger partial charge on any atom is 0.351 e. The van der Waals surface area contributed by atoms with E-state index in [1.54, 1.807) is 12.2 Å². The molecule has 0 aliphatic carbocycles. The van der Waals surface area contributed by atoms with Gasteiger partial charge in [0, 0.05) is 39.5 Å². The van der Waals surface area contributed by atoms with Gasteiger partial charge in [-0.1, -0.05) is 12.2 Å².